The van der Waals surface area contributed by atoms with Crippen molar-refractivity contribution >= 4 is 11.4 Å². The number of hydrogen-bond acceptors (Lipinski definition) is 3. The summed E-state index contributed by atoms with van der Waals surface area (Å²) in [7, 11) is 1.48. The first-order valence-corrected chi connectivity index (χ1v) is 3.98. The molecule has 1 aromatic carbocycles. The van der Waals surface area contributed by atoms with Gasteiger partial charge < -0.3 is 10.2 Å². The second-order valence-corrected chi connectivity index (χ2v) is 2.61. The van der Waals surface area contributed by atoms with Gasteiger partial charge in [0.15, 0.2) is 0 Å². The molecule has 0 heterocycles. The Hall–Kier alpha value is -1.64. The van der Waals surface area contributed by atoms with Gasteiger partial charge in [-0.25, -0.2) is 0 Å². The first kappa shape index (κ1) is 9.45. The van der Waals surface area contributed by atoms with Gasteiger partial charge in [0.1, 0.15) is 12.8 Å². The number of rotatable bonds is 3. The Bertz CT molecular complexity index is 317. The van der Waals surface area contributed by atoms with E-state index >= 15 is 0 Å². The number of nitrogens with one attached hydrogen (secondary N) is 1. The number of nitrogens with zero attached hydrogens (tertiary/aromatic N) is 1. The molecule has 0 saturated heterocycles. The third-order valence-corrected chi connectivity index (χ3v) is 1.59. The van der Waals surface area contributed by atoms with E-state index in [0.29, 0.717) is 11.4 Å². The van der Waals surface area contributed by atoms with E-state index in [-0.39, 0.29) is 0 Å². The number of benzene rings is 1. The Balaban J connectivity index is 3.03. The Kier molecular flexibility index (Phi) is 3.20. The van der Waals surface area contributed by atoms with E-state index in [4.69, 9.17) is 5.41 Å². The largest absolute Gasteiger partial charge is 0.399 e. The molecule has 1 N–H and O–H groups in total. The summed E-state index contributed by atoms with van der Waals surface area (Å²) in [6.07, 6.45) is 0. The molecule has 1 aromatic rings. The Morgan fingerprint density at radius 2 is 1.92 bits per heavy atom. The van der Waals surface area contributed by atoms with Crippen LogP contribution < -0.4 is 0 Å². The van der Waals surface area contributed by atoms with Gasteiger partial charge in [-0.05, 0) is 6.92 Å². The summed E-state index contributed by atoms with van der Waals surface area (Å²) in [6, 6.07) is 9.53. The van der Waals surface area contributed by atoms with Crippen molar-refractivity contribution in [3.63, 3.8) is 0 Å². The minimum absolute atomic E-state index is 0.396. The van der Waals surface area contributed by atoms with Crippen LogP contribution in [0, 0.1) is 5.41 Å². The van der Waals surface area contributed by atoms with Crippen molar-refractivity contribution in [1.82, 2.24) is 0 Å². The van der Waals surface area contributed by atoms with Crippen molar-refractivity contribution in [2.75, 3.05) is 7.11 Å². The lowest BCUT2D eigenvalue weighted by atomic mass is 10.1. The molecule has 0 spiro atoms. The summed E-state index contributed by atoms with van der Waals surface area (Å²) in [5.41, 5.74) is 1.87. The average Bonchev–Trinajstić information content (AvgIpc) is 2.15. The summed E-state index contributed by atoms with van der Waals surface area (Å²) < 4.78 is 0. The van der Waals surface area contributed by atoms with E-state index in [0.717, 1.165) is 5.56 Å². The van der Waals surface area contributed by atoms with Crippen molar-refractivity contribution in [2.24, 2.45) is 5.16 Å². The van der Waals surface area contributed by atoms with Gasteiger partial charge in [-0.1, -0.05) is 35.5 Å². The van der Waals surface area contributed by atoms with Gasteiger partial charge in [0.2, 0.25) is 0 Å². The fraction of sp³-hybridized carbons (Fsp3) is 0.200. The van der Waals surface area contributed by atoms with Crippen LogP contribution in [0.4, 0.5) is 0 Å². The van der Waals surface area contributed by atoms with E-state index in [1.54, 1.807) is 6.92 Å². The molecule has 0 saturated carbocycles. The number of oxime groups is 1. The van der Waals surface area contributed by atoms with E-state index < -0.39 is 0 Å². The van der Waals surface area contributed by atoms with E-state index in [9.17, 15) is 0 Å². The van der Waals surface area contributed by atoms with Crippen molar-refractivity contribution in [1.29, 1.82) is 5.41 Å². The molecule has 0 unspecified atom stereocenters. The van der Waals surface area contributed by atoms with Crippen molar-refractivity contribution in [2.45, 2.75) is 6.92 Å². The molecule has 3 heteroatoms. The highest BCUT2D eigenvalue weighted by Crippen LogP contribution is 2.02. The summed E-state index contributed by atoms with van der Waals surface area (Å²) in [5, 5.41) is 11.3. The van der Waals surface area contributed by atoms with Gasteiger partial charge in [0.05, 0.1) is 5.71 Å². The highest BCUT2D eigenvalue weighted by molar-refractivity contribution is 6.46. The lowest BCUT2D eigenvalue weighted by Gasteiger charge is -2.02. The maximum absolute atomic E-state index is 7.48. The van der Waals surface area contributed by atoms with Crippen LogP contribution in [0.15, 0.2) is 35.5 Å². The first-order valence-electron chi connectivity index (χ1n) is 3.98. The quantitative estimate of drug-likeness (QED) is 0.556. The maximum Gasteiger partial charge on any atom is 0.130 e. The SMILES string of the molecule is CO/N=C(/C(C)=N)c1ccccc1. The van der Waals surface area contributed by atoms with Crippen LogP contribution in [-0.4, -0.2) is 18.5 Å². The summed E-state index contributed by atoms with van der Waals surface area (Å²) in [5.74, 6) is 0. The van der Waals surface area contributed by atoms with Crippen LogP contribution in [0.25, 0.3) is 0 Å². The van der Waals surface area contributed by atoms with Crippen molar-refractivity contribution < 1.29 is 4.84 Å². The molecule has 0 aliphatic carbocycles. The Labute approximate surface area is 77.5 Å². The molecule has 0 fully saturated rings. The maximum atomic E-state index is 7.48. The fourth-order valence-corrected chi connectivity index (χ4v) is 1.02. The zero-order chi connectivity index (χ0) is 9.68. The predicted octanol–water partition coefficient (Wildman–Crippen LogP) is 2.08. The van der Waals surface area contributed by atoms with Crippen LogP contribution in [0.3, 0.4) is 0 Å². The summed E-state index contributed by atoms with van der Waals surface area (Å²) in [6.45, 7) is 1.69. The zero-order valence-corrected chi connectivity index (χ0v) is 7.74. The van der Waals surface area contributed by atoms with Gasteiger partial charge in [-0.3, -0.25) is 0 Å². The molecule has 1 rings (SSSR count). The van der Waals surface area contributed by atoms with E-state index in [1.807, 2.05) is 30.3 Å². The standard InChI is InChI=1S/C10H12N2O/c1-8(11)10(12-13-2)9-6-4-3-5-7-9/h3-7,11H,1-2H3/b11-8?,12-10-. The summed E-state index contributed by atoms with van der Waals surface area (Å²) >= 11 is 0. The van der Waals surface area contributed by atoms with Gasteiger partial charge in [0, 0.05) is 5.56 Å². The molecule has 0 amide bonds. The van der Waals surface area contributed by atoms with Crippen LogP contribution in [0.5, 0.6) is 0 Å². The highest BCUT2D eigenvalue weighted by Gasteiger charge is 2.05. The third-order valence-electron chi connectivity index (χ3n) is 1.59. The van der Waals surface area contributed by atoms with E-state index in [2.05, 4.69) is 9.99 Å². The lowest BCUT2D eigenvalue weighted by Crippen LogP contribution is -2.10. The van der Waals surface area contributed by atoms with Gasteiger partial charge in [0.25, 0.3) is 0 Å². The second-order valence-electron chi connectivity index (χ2n) is 2.61. The Morgan fingerprint density at radius 1 is 1.31 bits per heavy atom. The predicted molar refractivity (Wildman–Crippen MR) is 53.4 cm³/mol. The molecule has 13 heavy (non-hydrogen) atoms. The fourth-order valence-electron chi connectivity index (χ4n) is 1.02. The zero-order valence-electron chi connectivity index (χ0n) is 7.74. The lowest BCUT2D eigenvalue weighted by molar-refractivity contribution is 0.214. The van der Waals surface area contributed by atoms with Gasteiger partial charge >= 0.3 is 0 Å². The van der Waals surface area contributed by atoms with Gasteiger partial charge in [-0.15, -0.1) is 0 Å². The molecule has 0 radical (unpaired) electrons. The van der Waals surface area contributed by atoms with E-state index in [1.165, 1.54) is 7.11 Å². The molecule has 0 atom stereocenters. The molecule has 3 nitrogen and oxygen atoms in total. The summed E-state index contributed by atoms with van der Waals surface area (Å²) in [4.78, 5) is 4.67. The Morgan fingerprint density at radius 3 is 2.38 bits per heavy atom. The third kappa shape index (κ3) is 2.40. The second kappa shape index (κ2) is 4.40. The van der Waals surface area contributed by atoms with Crippen molar-refractivity contribution in [3.8, 4) is 0 Å². The van der Waals surface area contributed by atoms with Crippen LogP contribution >= 0.6 is 0 Å². The highest BCUT2D eigenvalue weighted by atomic mass is 16.6. The normalized spacial score (nSPS) is 11.1. The molecule has 0 aliphatic rings. The number of hydrogen-bond donors (Lipinski definition) is 1. The van der Waals surface area contributed by atoms with Crippen molar-refractivity contribution in [3.05, 3.63) is 35.9 Å². The first-order chi connectivity index (χ1) is 6.25. The average molecular weight is 176 g/mol. The monoisotopic (exact) mass is 176 g/mol. The topological polar surface area (TPSA) is 45.4 Å². The van der Waals surface area contributed by atoms with Gasteiger partial charge in [-0.2, -0.15) is 0 Å². The minimum atomic E-state index is 0.396. The molecule has 0 aromatic heterocycles. The molecular weight excluding hydrogens is 164 g/mol. The smallest absolute Gasteiger partial charge is 0.130 e. The molecular formula is C10H12N2O. The molecule has 68 valence electrons. The van der Waals surface area contributed by atoms with Crippen LogP contribution in [0.2, 0.25) is 0 Å². The van der Waals surface area contributed by atoms with Crippen LogP contribution in [0.1, 0.15) is 12.5 Å². The molecule has 0 aliphatic heterocycles. The molecule has 0 bridgehead atoms. The minimum Gasteiger partial charge on any atom is -0.399 e. The van der Waals surface area contributed by atoms with Crippen LogP contribution in [-0.2, 0) is 4.84 Å².